The first-order valence-electron chi connectivity index (χ1n) is 11.8. The Morgan fingerprint density at radius 1 is 1.25 bits per heavy atom. The van der Waals surface area contributed by atoms with E-state index in [9.17, 15) is 13.6 Å². The van der Waals surface area contributed by atoms with Gasteiger partial charge < -0.3 is 14.8 Å². The van der Waals surface area contributed by atoms with Crippen molar-refractivity contribution in [3.8, 4) is 0 Å². The third kappa shape index (κ3) is 6.48. The third-order valence-corrected chi connectivity index (χ3v) is 6.24. The summed E-state index contributed by atoms with van der Waals surface area (Å²) in [7, 11) is 0. The molecule has 2 heterocycles. The quantitative estimate of drug-likeness (QED) is 0.489. The van der Waals surface area contributed by atoms with Crippen LogP contribution < -0.4 is 5.32 Å². The summed E-state index contributed by atoms with van der Waals surface area (Å²) in [5, 5.41) is 3.55. The second-order valence-electron chi connectivity index (χ2n) is 8.61. The van der Waals surface area contributed by atoms with Gasteiger partial charge in [-0.2, -0.15) is 0 Å². The van der Waals surface area contributed by atoms with Gasteiger partial charge in [-0.05, 0) is 36.8 Å². The smallest absolute Gasteiger partial charge is 0.305 e. The van der Waals surface area contributed by atoms with Crippen molar-refractivity contribution in [1.82, 2.24) is 5.32 Å². The molecule has 1 aromatic rings. The number of piperidine rings is 1. The van der Waals surface area contributed by atoms with Crippen LogP contribution in [0.2, 0.25) is 0 Å². The fourth-order valence-electron chi connectivity index (χ4n) is 4.61. The number of hydrogen-bond acceptors (Lipinski definition) is 4. The molecule has 2 aliphatic rings. The summed E-state index contributed by atoms with van der Waals surface area (Å²) < 4.78 is 39.0. The fourth-order valence-corrected chi connectivity index (χ4v) is 4.61. The number of carbonyl (C=O) groups excluding carboxylic acids is 1. The second-order valence-corrected chi connectivity index (χ2v) is 8.61. The monoisotopic (exact) mass is 447 g/mol. The molecule has 0 saturated carbocycles. The maximum absolute atomic E-state index is 13.6. The van der Waals surface area contributed by atoms with Crippen molar-refractivity contribution in [2.75, 3.05) is 13.2 Å². The van der Waals surface area contributed by atoms with E-state index in [0.717, 1.165) is 31.3 Å². The highest BCUT2D eigenvalue weighted by Gasteiger charge is 2.42. The number of halogens is 2. The Labute approximate surface area is 190 Å². The Balaban J connectivity index is 1.78. The van der Waals surface area contributed by atoms with Gasteiger partial charge in [0.2, 0.25) is 0 Å². The van der Waals surface area contributed by atoms with Crippen LogP contribution in [0.15, 0.2) is 53.6 Å². The highest BCUT2D eigenvalue weighted by molar-refractivity contribution is 5.69. The molecule has 32 heavy (non-hydrogen) atoms. The average Bonchev–Trinajstić information content (AvgIpc) is 2.81. The lowest BCUT2D eigenvalue weighted by molar-refractivity contribution is -0.155. The van der Waals surface area contributed by atoms with Crippen molar-refractivity contribution in [3.63, 3.8) is 0 Å². The van der Waals surface area contributed by atoms with E-state index in [-0.39, 0.29) is 42.3 Å². The van der Waals surface area contributed by atoms with Crippen molar-refractivity contribution in [3.05, 3.63) is 59.2 Å². The van der Waals surface area contributed by atoms with Crippen molar-refractivity contribution in [1.29, 1.82) is 0 Å². The summed E-state index contributed by atoms with van der Waals surface area (Å²) in [6.07, 6.45) is 4.52. The number of carbonyl (C=O) groups is 1. The highest BCUT2D eigenvalue weighted by atomic mass is 19.3. The Kier molecular flexibility index (Phi) is 9.42. The average molecular weight is 448 g/mol. The third-order valence-electron chi connectivity index (χ3n) is 6.24. The number of nitrogens with one attached hydrogen (secondary N) is 1. The van der Waals surface area contributed by atoms with Crippen LogP contribution in [-0.2, 0) is 14.3 Å². The molecule has 0 aromatic heterocycles. The lowest BCUT2D eigenvalue weighted by Gasteiger charge is -2.46. The van der Waals surface area contributed by atoms with Crippen LogP contribution >= 0.6 is 0 Å². The van der Waals surface area contributed by atoms with E-state index in [0.29, 0.717) is 19.4 Å². The first kappa shape index (κ1) is 24.6. The molecule has 3 rings (SSSR count). The molecule has 2 aliphatic heterocycles. The molecule has 2 saturated heterocycles. The SMILES string of the molecule is CC/C=C(\C=C1/CNC(c2ccccc2)C2CCC(COC(=O)CCCC)OC12)C(F)F. The molecule has 1 N–H and O–H groups in total. The highest BCUT2D eigenvalue weighted by Crippen LogP contribution is 2.41. The van der Waals surface area contributed by atoms with Crippen molar-refractivity contribution in [2.24, 2.45) is 5.92 Å². The number of allylic oxidation sites excluding steroid dienone is 3. The number of rotatable bonds is 9. The summed E-state index contributed by atoms with van der Waals surface area (Å²) in [5.41, 5.74) is 2.05. The Morgan fingerprint density at radius 3 is 2.72 bits per heavy atom. The number of esters is 1. The number of hydrogen-bond donors (Lipinski definition) is 1. The Bertz CT molecular complexity index is 794. The first-order chi connectivity index (χ1) is 15.5. The number of fused-ring (bicyclic) bond motifs is 1. The normalized spacial score (nSPS) is 27.4. The van der Waals surface area contributed by atoms with Crippen molar-refractivity contribution < 1.29 is 23.0 Å². The van der Waals surface area contributed by atoms with Crippen LogP contribution in [0, 0.1) is 5.92 Å². The van der Waals surface area contributed by atoms with E-state index < -0.39 is 6.43 Å². The van der Waals surface area contributed by atoms with Crippen LogP contribution in [-0.4, -0.2) is 37.8 Å². The molecule has 0 aliphatic carbocycles. The number of ether oxygens (including phenoxy) is 2. The van der Waals surface area contributed by atoms with Crippen LogP contribution in [0.5, 0.6) is 0 Å². The standard InChI is InChI=1S/C26H35F2NO3/c1-3-5-12-23(30)31-17-21-13-14-22-24(18-10-7-6-8-11-18)29-16-20(25(22)32-21)15-19(9-4-2)26(27)28/h6-11,15,21-22,24-26,29H,3-5,12-14,16-17H2,1-2H3/b19-9+,20-15+. The fraction of sp³-hybridized carbons (Fsp3) is 0.577. The van der Waals surface area contributed by atoms with Crippen LogP contribution in [0.4, 0.5) is 8.78 Å². The van der Waals surface area contributed by atoms with E-state index in [1.54, 1.807) is 12.2 Å². The van der Waals surface area contributed by atoms with E-state index in [1.165, 1.54) is 5.56 Å². The molecule has 2 fully saturated rings. The summed E-state index contributed by atoms with van der Waals surface area (Å²) in [4.78, 5) is 11.9. The van der Waals surface area contributed by atoms with Gasteiger partial charge in [-0.1, -0.05) is 62.8 Å². The van der Waals surface area contributed by atoms with Crippen molar-refractivity contribution >= 4 is 5.97 Å². The molecule has 0 amide bonds. The van der Waals surface area contributed by atoms with Gasteiger partial charge in [-0.15, -0.1) is 0 Å². The zero-order chi connectivity index (χ0) is 22.9. The molecule has 1 aromatic carbocycles. The van der Waals surface area contributed by atoms with Gasteiger partial charge in [-0.3, -0.25) is 4.79 Å². The summed E-state index contributed by atoms with van der Waals surface area (Å²) in [6.45, 7) is 4.59. The van der Waals surface area contributed by atoms with E-state index in [4.69, 9.17) is 9.47 Å². The zero-order valence-electron chi connectivity index (χ0n) is 19.1. The summed E-state index contributed by atoms with van der Waals surface area (Å²) in [5.74, 6) is -0.0725. The molecule has 4 atom stereocenters. The molecular weight excluding hydrogens is 412 g/mol. The van der Waals surface area contributed by atoms with Crippen LogP contribution in [0.1, 0.15) is 64.0 Å². The predicted molar refractivity (Wildman–Crippen MR) is 122 cm³/mol. The largest absolute Gasteiger partial charge is 0.463 e. The molecule has 176 valence electrons. The number of alkyl halides is 2. The van der Waals surface area contributed by atoms with Gasteiger partial charge in [0.1, 0.15) is 6.61 Å². The molecule has 4 unspecified atom stereocenters. The molecular formula is C26H35F2NO3. The van der Waals surface area contributed by atoms with Gasteiger partial charge in [-0.25, -0.2) is 8.78 Å². The van der Waals surface area contributed by atoms with Gasteiger partial charge in [0.25, 0.3) is 6.43 Å². The van der Waals surface area contributed by atoms with Crippen molar-refractivity contribution in [2.45, 2.75) is 77.0 Å². The Hall–Kier alpha value is -2.05. The maximum Gasteiger partial charge on any atom is 0.305 e. The van der Waals surface area contributed by atoms with Crippen LogP contribution in [0.25, 0.3) is 0 Å². The summed E-state index contributed by atoms with van der Waals surface area (Å²) in [6, 6.07) is 10.3. The predicted octanol–water partition coefficient (Wildman–Crippen LogP) is 5.76. The molecule has 6 heteroatoms. The lowest BCUT2D eigenvalue weighted by Crippen LogP contribution is -2.50. The van der Waals surface area contributed by atoms with E-state index >= 15 is 0 Å². The van der Waals surface area contributed by atoms with Gasteiger partial charge >= 0.3 is 5.97 Å². The second kappa shape index (κ2) is 12.3. The van der Waals surface area contributed by atoms with Gasteiger partial charge in [0.05, 0.1) is 12.2 Å². The van der Waals surface area contributed by atoms with Gasteiger partial charge in [0, 0.05) is 30.5 Å². The van der Waals surface area contributed by atoms with E-state index in [2.05, 4.69) is 17.4 Å². The maximum atomic E-state index is 13.6. The molecule has 0 radical (unpaired) electrons. The Morgan fingerprint density at radius 2 is 2.03 bits per heavy atom. The minimum Gasteiger partial charge on any atom is -0.463 e. The topological polar surface area (TPSA) is 47.6 Å². The molecule has 4 nitrogen and oxygen atoms in total. The van der Waals surface area contributed by atoms with Gasteiger partial charge in [0.15, 0.2) is 0 Å². The number of unbranched alkanes of at least 4 members (excludes halogenated alkanes) is 1. The number of benzene rings is 1. The van der Waals surface area contributed by atoms with E-state index in [1.807, 2.05) is 32.0 Å². The summed E-state index contributed by atoms with van der Waals surface area (Å²) >= 11 is 0. The minimum atomic E-state index is -2.52. The molecule has 0 bridgehead atoms. The first-order valence-corrected chi connectivity index (χ1v) is 11.8. The minimum absolute atomic E-state index is 0.0397. The van der Waals surface area contributed by atoms with Crippen LogP contribution in [0.3, 0.4) is 0 Å². The zero-order valence-corrected chi connectivity index (χ0v) is 19.1. The lowest BCUT2D eigenvalue weighted by atomic mass is 9.76. The molecule has 0 spiro atoms.